The van der Waals surface area contributed by atoms with Crippen molar-refractivity contribution in [2.75, 3.05) is 23.6 Å². The molecule has 0 saturated heterocycles. The van der Waals surface area contributed by atoms with Crippen LogP contribution in [0.4, 0.5) is 23.0 Å². The lowest BCUT2D eigenvalue weighted by Gasteiger charge is -2.12. The second kappa shape index (κ2) is 5.19. The third kappa shape index (κ3) is 2.25. The number of ether oxygens (including phenoxy) is 1. The van der Waals surface area contributed by atoms with Gasteiger partial charge in [-0.15, -0.1) is 0 Å². The van der Waals surface area contributed by atoms with E-state index >= 15 is 0 Å². The van der Waals surface area contributed by atoms with Crippen molar-refractivity contribution in [2.45, 2.75) is 0 Å². The number of hydrazine groups is 1. The van der Waals surface area contributed by atoms with Crippen LogP contribution >= 0.6 is 0 Å². The molecule has 94 valence electrons. The van der Waals surface area contributed by atoms with Crippen molar-refractivity contribution in [1.82, 2.24) is 9.97 Å². The summed E-state index contributed by atoms with van der Waals surface area (Å²) in [5.74, 6) is 6.81. The Morgan fingerprint density at radius 2 is 1.89 bits per heavy atom. The van der Waals surface area contributed by atoms with Crippen molar-refractivity contribution >= 4 is 23.0 Å². The number of nitrogen functional groups attached to an aromatic ring is 2. The topological polar surface area (TPSA) is 111 Å². The molecule has 0 radical (unpaired) electrons. The van der Waals surface area contributed by atoms with E-state index in [0.29, 0.717) is 23.1 Å². The van der Waals surface area contributed by atoms with Gasteiger partial charge in [0.2, 0.25) is 0 Å². The third-order valence-electron chi connectivity index (χ3n) is 2.38. The van der Waals surface area contributed by atoms with Crippen LogP contribution in [-0.4, -0.2) is 17.1 Å². The number of para-hydroxylation sites is 2. The molecule has 18 heavy (non-hydrogen) atoms. The molecule has 0 spiro atoms. The number of hydrogen-bond donors (Lipinski definition) is 4. The summed E-state index contributed by atoms with van der Waals surface area (Å²) in [5, 5.41) is 3.07. The highest BCUT2D eigenvalue weighted by atomic mass is 16.5. The Bertz CT molecular complexity index is 545. The van der Waals surface area contributed by atoms with Crippen LogP contribution in [0.1, 0.15) is 0 Å². The van der Waals surface area contributed by atoms with Crippen LogP contribution in [0.3, 0.4) is 0 Å². The van der Waals surface area contributed by atoms with Gasteiger partial charge in [0.1, 0.15) is 17.8 Å². The normalized spacial score (nSPS) is 9.89. The fourth-order valence-corrected chi connectivity index (χ4v) is 1.49. The second-order valence-corrected chi connectivity index (χ2v) is 3.45. The third-order valence-corrected chi connectivity index (χ3v) is 2.38. The molecular formula is C11H14N6O. The summed E-state index contributed by atoms with van der Waals surface area (Å²) in [5.41, 5.74) is 9.36. The molecule has 0 bridgehead atoms. The van der Waals surface area contributed by atoms with Crippen molar-refractivity contribution in [3.63, 3.8) is 0 Å². The fraction of sp³-hybridized carbons (Fsp3) is 0.0909. The van der Waals surface area contributed by atoms with Crippen LogP contribution < -0.4 is 27.1 Å². The number of nitrogens with one attached hydrogen (secondary N) is 2. The molecule has 1 aromatic heterocycles. The zero-order valence-corrected chi connectivity index (χ0v) is 9.84. The van der Waals surface area contributed by atoms with Gasteiger partial charge in [-0.1, -0.05) is 12.1 Å². The van der Waals surface area contributed by atoms with E-state index in [1.807, 2.05) is 24.3 Å². The van der Waals surface area contributed by atoms with Gasteiger partial charge in [0, 0.05) is 0 Å². The minimum absolute atomic E-state index is 0.339. The van der Waals surface area contributed by atoms with Gasteiger partial charge in [0.15, 0.2) is 11.6 Å². The summed E-state index contributed by atoms with van der Waals surface area (Å²) >= 11 is 0. The molecule has 0 fully saturated rings. The lowest BCUT2D eigenvalue weighted by atomic mass is 10.3. The molecule has 0 aliphatic rings. The summed E-state index contributed by atoms with van der Waals surface area (Å²) in [6.07, 6.45) is 1.36. The Morgan fingerprint density at radius 3 is 2.61 bits per heavy atom. The molecule has 2 aromatic rings. The van der Waals surface area contributed by atoms with Crippen LogP contribution in [0.25, 0.3) is 0 Å². The quantitative estimate of drug-likeness (QED) is 0.472. The minimum Gasteiger partial charge on any atom is -0.495 e. The number of hydrogen-bond acceptors (Lipinski definition) is 7. The highest BCUT2D eigenvalue weighted by Gasteiger charge is 2.09. The molecule has 0 aliphatic heterocycles. The first-order valence-corrected chi connectivity index (χ1v) is 5.23. The van der Waals surface area contributed by atoms with E-state index in [-0.39, 0.29) is 0 Å². The van der Waals surface area contributed by atoms with E-state index in [1.165, 1.54) is 6.33 Å². The predicted molar refractivity (Wildman–Crippen MR) is 70.5 cm³/mol. The van der Waals surface area contributed by atoms with Crippen molar-refractivity contribution in [3.8, 4) is 5.75 Å². The second-order valence-electron chi connectivity index (χ2n) is 3.45. The molecule has 2 rings (SSSR count). The van der Waals surface area contributed by atoms with Gasteiger partial charge in [-0.05, 0) is 12.1 Å². The first-order valence-electron chi connectivity index (χ1n) is 5.23. The van der Waals surface area contributed by atoms with E-state index in [1.54, 1.807) is 7.11 Å². The number of benzene rings is 1. The first-order chi connectivity index (χ1) is 8.76. The molecule has 0 atom stereocenters. The Hall–Kier alpha value is -2.54. The van der Waals surface area contributed by atoms with Crippen LogP contribution in [0.15, 0.2) is 30.6 Å². The number of methoxy groups -OCH3 is 1. The van der Waals surface area contributed by atoms with Gasteiger partial charge >= 0.3 is 0 Å². The lowest BCUT2D eigenvalue weighted by molar-refractivity contribution is 0.417. The minimum atomic E-state index is 0.339. The zero-order valence-electron chi connectivity index (χ0n) is 9.84. The summed E-state index contributed by atoms with van der Waals surface area (Å²) in [4.78, 5) is 7.96. The SMILES string of the molecule is COc1ccccc1Nc1ncnc(NN)c1N. The summed E-state index contributed by atoms with van der Waals surface area (Å²) in [7, 11) is 1.59. The first kappa shape index (κ1) is 11.9. The monoisotopic (exact) mass is 246 g/mol. The maximum atomic E-state index is 5.86. The van der Waals surface area contributed by atoms with Gasteiger partial charge in [0.05, 0.1) is 12.8 Å². The molecule has 1 heterocycles. The van der Waals surface area contributed by atoms with Crippen molar-refractivity contribution in [3.05, 3.63) is 30.6 Å². The highest BCUT2D eigenvalue weighted by Crippen LogP contribution is 2.30. The fourth-order valence-electron chi connectivity index (χ4n) is 1.49. The molecule has 1 aromatic carbocycles. The zero-order chi connectivity index (χ0) is 13.0. The van der Waals surface area contributed by atoms with E-state index in [0.717, 1.165) is 5.69 Å². The maximum Gasteiger partial charge on any atom is 0.168 e. The van der Waals surface area contributed by atoms with Gasteiger partial charge in [-0.3, -0.25) is 0 Å². The molecule has 7 nitrogen and oxygen atoms in total. The van der Waals surface area contributed by atoms with Crippen molar-refractivity contribution < 1.29 is 4.74 Å². The maximum absolute atomic E-state index is 5.86. The Labute approximate surface area is 104 Å². The highest BCUT2D eigenvalue weighted by molar-refractivity contribution is 5.78. The van der Waals surface area contributed by atoms with E-state index < -0.39 is 0 Å². The Morgan fingerprint density at radius 1 is 1.17 bits per heavy atom. The molecule has 7 heteroatoms. The average molecular weight is 246 g/mol. The largest absolute Gasteiger partial charge is 0.495 e. The molecule has 0 saturated carbocycles. The molecule has 0 unspecified atom stereocenters. The van der Waals surface area contributed by atoms with E-state index in [4.69, 9.17) is 16.3 Å². The van der Waals surface area contributed by atoms with Gasteiger partial charge in [0.25, 0.3) is 0 Å². The molecule has 0 amide bonds. The number of aromatic nitrogens is 2. The average Bonchev–Trinajstić information content (AvgIpc) is 2.42. The molecular weight excluding hydrogens is 232 g/mol. The summed E-state index contributed by atoms with van der Waals surface area (Å²) in [6, 6.07) is 7.45. The summed E-state index contributed by atoms with van der Waals surface area (Å²) < 4.78 is 5.23. The van der Waals surface area contributed by atoms with Crippen molar-refractivity contribution in [1.29, 1.82) is 0 Å². The number of rotatable bonds is 4. The molecule has 6 N–H and O–H groups in total. The lowest BCUT2D eigenvalue weighted by Crippen LogP contribution is -2.12. The van der Waals surface area contributed by atoms with Crippen LogP contribution in [-0.2, 0) is 0 Å². The van der Waals surface area contributed by atoms with E-state index in [2.05, 4.69) is 20.7 Å². The molecule has 0 aliphatic carbocycles. The van der Waals surface area contributed by atoms with Gasteiger partial charge in [-0.2, -0.15) is 0 Å². The predicted octanol–water partition coefficient (Wildman–Crippen LogP) is 1.10. The standard InChI is InChI=1S/C11H14N6O/c1-18-8-5-3-2-4-7(8)16-10-9(12)11(17-13)15-6-14-10/h2-6H,12-13H2,1H3,(H2,14,15,16,17). The van der Waals surface area contributed by atoms with Gasteiger partial charge < -0.3 is 21.2 Å². The number of nitrogens with two attached hydrogens (primary N) is 2. The van der Waals surface area contributed by atoms with E-state index in [9.17, 15) is 0 Å². The Balaban J connectivity index is 2.34. The van der Waals surface area contributed by atoms with Gasteiger partial charge in [-0.25, -0.2) is 15.8 Å². The Kier molecular flexibility index (Phi) is 3.44. The number of anilines is 4. The van der Waals surface area contributed by atoms with Crippen LogP contribution in [0, 0.1) is 0 Å². The smallest absolute Gasteiger partial charge is 0.168 e. The van der Waals surface area contributed by atoms with Crippen molar-refractivity contribution in [2.24, 2.45) is 5.84 Å². The van der Waals surface area contributed by atoms with Crippen LogP contribution in [0.5, 0.6) is 5.75 Å². The van der Waals surface area contributed by atoms with Crippen LogP contribution in [0.2, 0.25) is 0 Å². The number of nitrogens with zero attached hydrogens (tertiary/aromatic N) is 2. The summed E-state index contributed by atoms with van der Waals surface area (Å²) in [6.45, 7) is 0.